The second kappa shape index (κ2) is 14.6. The fourth-order valence-electron chi connectivity index (χ4n) is 10.1. The molecule has 63 heavy (non-hydrogen) atoms. The molecule has 1 heterocycles. The molecule has 0 radical (unpaired) electrons. The molecular weight excluding hydrogens is 763 g/mol. The topological polar surface area (TPSA) is 16.4 Å². The number of fused-ring (bicyclic) bond motifs is 8. The van der Waals surface area contributed by atoms with E-state index in [2.05, 4.69) is 243 Å². The van der Waals surface area contributed by atoms with Crippen molar-refractivity contribution < 1.29 is 4.42 Å². The third kappa shape index (κ3) is 6.09. The van der Waals surface area contributed by atoms with Gasteiger partial charge in [-0.1, -0.05) is 190 Å². The predicted octanol–water partition coefficient (Wildman–Crippen LogP) is 17.2. The summed E-state index contributed by atoms with van der Waals surface area (Å²) >= 11 is 0. The van der Waals surface area contributed by atoms with Crippen LogP contribution in [0.5, 0.6) is 0 Å². The molecule has 1 aliphatic carbocycles. The molecule has 0 saturated heterocycles. The van der Waals surface area contributed by atoms with E-state index in [0.717, 1.165) is 55.5 Å². The molecule has 0 fully saturated rings. The van der Waals surface area contributed by atoms with E-state index in [9.17, 15) is 0 Å². The third-order valence-electron chi connectivity index (χ3n) is 13.3. The Kier molecular flexibility index (Phi) is 8.55. The van der Waals surface area contributed by atoms with Gasteiger partial charge >= 0.3 is 0 Å². The van der Waals surface area contributed by atoms with Crippen LogP contribution in [0.4, 0.5) is 17.1 Å². The quantitative estimate of drug-likeness (QED) is 0.160. The molecule has 2 heteroatoms. The lowest BCUT2D eigenvalue weighted by Gasteiger charge is -2.28. The first-order valence-corrected chi connectivity index (χ1v) is 21.8. The van der Waals surface area contributed by atoms with Crippen molar-refractivity contribution in [1.82, 2.24) is 0 Å². The normalized spacial score (nSPS) is 12.7. The fraction of sp³-hybridized carbons (Fsp3) is 0.0492. The summed E-state index contributed by atoms with van der Waals surface area (Å²) in [5, 5.41) is 4.54. The number of hydrogen-bond acceptors (Lipinski definition) is 2. The molecule has 11 aromatic rings. The second-order valence-electron chi connectivity index (χ2n) is 17.3. The van der Waals surface area contributed by atoms with Crippen LogP contribution in [0.25, 0.3) is 88.3 Å². The van der Waals surface area contributed by atoms with Gasteiger partial charge in [0, 0.05) is 38.6 Å². The molecule has 1 aromatic heterocycles. The molecule has 298 valence electrons. The SMILES string of the molecule is CC1(C)c2ccccc2-c2ccc(N(c3ccc(-c4ccccc4)cc3)c3ccc(-c4cccc5oc6c7ccccc7c(-c7ccc(-c8ccccc8)cc7)cc6c45)cc3)cc21. The van der Waals surface area contributed by atoms with Crippen molar-refractivity contribution in [3.8, 4) is 55.6 Å². The molecule has 0 unspecified atom stereocenters. The summed E-state index contributed by atoms with van der Waals surface area (Å²) in [5.41, 5.74) is 19.9. The minimum Gasteiger partial charge on any atom is -0.455 e. The number of nitrogens with zero attached hydrogens (tertiary/aromatic N) is 1. The lowest BCUT2D eigenvalue weighted by Crippen LogP contribution is -2.16. The Labute approximate surface area is 368 Å². The molecule has 10 aromatic carbocycles. The Balaban J connectivity index is 0.975. The van der Waals surface area contributed by atoms with Crippen LogP contribution in [0.2, 0.25) is 0 Å². The van der Waals surface area contributed by atoms with E-state index >= 15 is 0 Å². The average Bonchev–Trinajstić information content (AvgIpc) is 3.84. The van der Waals surface area contributed by atoms with E-state index in [0.29, 0.717) is 0 Å². The standard InChI is InChI=1S/C61H43NO/c1-61(2)56-22-12-11-19-51(56)52-37-36-48(38-57(52)61)62(46-32-28-43(29-33-46)41-16-7-4-8-17-41)47-34-30-44(31-35-47)49-21-13-23-58-59(49)55-39-54(50-18-9-10-20-53(50)60(55)63-58)45-26-24-42(25-27-45)40-14-5-3-6-15-40/h3-39H,1-2H3. The zero-order valence-electron chi connectivity index (χ0n) is 35.2. The minimum atomic E-state index is -0.114. The Morgan fingerprint density at radius 2 is 0.825 bits per heavy atom. The maximum absolute atomic E-state index is 6.78. The van der Waals surface area contributed by atoms with Crippen LogP contribution in [-0.2, 0) is 5.41 Å². The highest BCUT2D eigenvalue weighted by atomic mass is 16.3. The molecule has 0 aliphatic heterocycles. The molecule has 0 amide bonds. The lowest BCUT2D eigenvalue weighted by molar-refractivity contribution is 0.660. The molecule has 0 spiro atoms. The van der Waals surface area contributed by atoms with Crippen LogP contribution < -0.4 is 4.90 Å². The van der Waals surface area contributed by atoms with Gasteiger partial charge in [-0.05, 0) is 121 Å². The zero-order valence-corrected chi connectivity index (χ0v) is 35.2. The van der Waals surface area contributed by atoms with Gasteiger partial charge in [-0.2, -0.15) is 0 Å². The van der Waals surface area contributed by atoms with Gasteiger partial charge in [-0.15, -0.1) is 0 Å². The largest absolute Gasteiger partial charge is 0.455 e. The summed E-state index contributed by atoms with van der Waals surface area (Å²) < 4.78 is 6.78. The molecule has 0 N–H and O–H groups in total. The first-order chi connectivity index (χ1) is 31.0. The Morgan fingerprint density at radius 1 is 0.333 bits per heavy atom. The van der Waals surface area contributed by atoms with Gasteiger partial charge in [-0.25, -0.2) is 0 Å². The summed E-state index contributed by atoms with van der Waals surface area (Å²) in [6, 6.07) is 81.5. The van der Waals surface area contributed by atoms with Gasteiger partial charge in [0.1, 0.15) is 11.2 Å². The highest BCUT2D eigenvalue weighted by Gasteiger charge is 2.35. The van der Waals surface area contributed by atoms with Crippen LogP contribution in [-0.4, -0.2) is 0 Å². The molecule has 0 atom stereocenters. The summed E-state index contributed by atoms with van der Waals surface area (Å²) in [4.78, 5) is 2.40. The third-order valence-corrected chi connectivity index (χ3v) is 13.3. The van der Waals surface area contributed by atoms with Crippen molar-refractivity contribution in [3.05, 3.63) is 236 Å². The molecular formula is C61H43NO. The van der Waals surface area contributed by atoms with Crippen molar-refractivity contribution in [2.24, 2.45) is 0 Å². The summed E-state index contributed by atoms with van der Waals surface area (Å²) in [6.45, 7) is 4.70. The molecule has 0 saturated carbocycles. The minimum absolute atomic E-state index is 0.114. The van der Waals surface area contributed by atoms with Gasteiger partial charge < -0.3 is 9.32 Å². The molecule has 12 rings (SSSR count). The van der Waals surface area contributed by atoms with Crippen molar-refractivity contribution in [2.45, 2.75) is 19.3 Å². The van der Waals surface area contributed by atoms with Crippen LogP contribution in [0.15, 0.2) is 229 Å². The first-order valence-electron chi connectivity index (χ1n) is 21.8. The smallest absolute Gasteiger partial charge is 0.143 e. The van der Waals surface area contributed by atoms with Gasteiger partial charge in [-0.3, -0.25) is 0 Å². The highest BCUT2D eigenvalue weighted by Crippen LogP contribution is 2.51. The van der Waals surface area contributed by atoms with Gasteiger partial charge in [0.25, 0.3) is 0 Å². The maximum Gasteiger partial charge on any atom is 0.143 e. The van der Waals surface area contributed by atoms with E-state index in [1.165, 1.54) is 61.0 Å². The van der Waals surface area contributed by atoms with Crippen molar-refractivity contribution in [1.29, 1.82) is 0 Å². The van der Waals surface area contributed by atoms with Crippen molar-refractivity contribution in [2.75, 3.05) is 4.90 Å². The molecule has 2 nitrogen and oxygen atoms in total. The van der Waals surface area contributed by atoms with Crippen molar-refractivity contribution in [3.63, 3.8) is 0 Å². The number of benzene rings is 10. The van der Waals surface area contributed by atoms with Gasteiger partial charge in [0.15, 0.2) is 0 Å². The Bertz CT molecular complexity index is 3490. The van der Waals surface area contributed by atoms with Crippen molar-refractivity contribution >= 4 is 49.8 Å². The molecule has 1 aliphatic rings. The van der Waals surface area contributed by atoms with E-state index in [1.54, 1.807) is 0 Å². The number of furan rings is 1. The summed E-state index contributed by atoms with van der Waals surface area (Å²) in [5.74, 6) is 0. The highest BCUT2D eigenvalue weighted by molar-refractivity contribution is 6.22. The summed E-state index contributed by atoms with van der Waals surface area (Å²) in [6.07, 6.45) is 0. The van der Waals surface area contributed by atoms with Crippen LogP contribution >= 0.6 is 0 Å². The predicted molar refractivity (Wildman–Crippen MR) is 265 cm³/mol. The van der Waals surface area contributed by atoms with E-state index < -0.39 is 0 Å². The lowest BCUT2D eigenvalue weighted by atomic mass is 9.82. The van der Waals surface area contributed by atoms with Crippen LogP contribution in [0.1, 0.15) is 25.0 Å². The van der Waals surface area contributed by atoms with E-state index in [4.69, 9.17) is 4.42 Å². The number of anilines is 3. The molecule has 0 bridgehead atoms. The maximum atomic E-state index is 6.78. The first kappa shape index (κ1) is 36.9. The van der Waals surface area contributed by atoms with Gasteiger partial charge in [0.2, 0.25) is 0 Å². The van der Waals surface area contributed by atoms with Gasteiger partial charge in [0.05, 0.1) is 0 Å². The Morgan fingerprint density at radius 3 is 1.51 bits per heavy atom. The van der Waals surface area contributed by atoms with E-state index in [1.807, 2.05) is 0 Å². The second-order valence-corrected chi connectivity index (χ2v) is 17.3. The number of hydrogen-bond donors (Lipinski definition) is 0. The van der Waals surface area contributed by atoms with Crippen LogP contribution in [0, 0.1) is 0 Å². The summed E-state index contributed by atoms with van der Waals surface area (Å²) in [7, 11) is 0. The number of rotatable bonds is 7. The Hall–Kier alpha value is -7.94. The fourth-order valence-corrected chi connectivity index (χ4v) is 10.1. The van der Waals surface area contributed by atoms with Crippen LogP contribution in [0.3, 0.4) is 0 Å². The monoisotopic (exact) mass is 805 g/mol. The average molecular weight is 806 g/mol. The van der Waals surface area contributed by atoms with E-state index in [-0.39, 0.29) is 5.41 Å². The zero-order chi connectivity index (χ0) is 42.1.